The summed E-state index contributed by atoms with van der Waals surface area (Å²) in [5, 5.41) is 2.90. The Balaban J connectivity index is 1.95. The van der Waals surface area contributed by atoms with Crippen LogP contribution in [-0.2, 0) is 30.2 Å². The zero-order valence-electron chi connectivity index (χ0n) is 13.9. The van der Waals surface area contributed by atoms with E-state index in [9.17, 15) is 19.2 Å². The van der Waals surface area contributed by atoms with Gasteiger partial charge in [0.25, 0.3) is 11.5 Å². The summed E-state index contributed by atoms with van der Waals surface area (Å²) in [6.07, 6.45) is 0. The molecule has 0 fully saturated rings. The first-order chi connectivity index (χ1) is 12.2. The topological polar surface area (TPSA) is 99.4 Å². The monoisotopic (exact) mass is 399 g/mol. The van der Waals surface area contributed by atoms with E-state index in [2.05, 4.69) is 5.32 Å². The Hall–Kier alpha value is -2.58. The number of halogens is 2. The summed E-state index contributed by atoms with van der Waals surface area (Å²) in [6.45, 7) is -0.686. The van der Waals surface area contributed by atoms with Gasteiger partial charge in [-0.05, 0) is 18.2 Å². The van der Waals surface area contributed by atoms with Gasteiger partial charge < -0.3 is 10.1 Å². The summed E-state index contributed by atoms with van der Waals surface area (Å²) in [4.78, 5) is 47.2. The van der Waals surface area contributed by atoms with Gasteiger partial charge in [0.2, 0.25) is 0 Å². The third kappa shape index (κ3) is 4.53. The lowest BCUT2D eigenvalue weighted by Crippen LogP contribution is -2.38. The number of aromatic nitrogens is 2. The van der Waals surface area contributed by atoms with Crippen molar-refractivity contribution in [2.24, 2.45) is 14.1 Å². The third-order valence-electron chi connectivity index (χ3n) is 3.58. The Bertz CT molecular complexity index is 981. The molecule has 138 valence electrons. The number of hydrogen-bond donors (Lipinski definition) is 1. The first kappa shape index (κ1) is 19.7. The molecule has 1 heterocycles. The SMILES string of the molecule is Cn1c(COC(=O)CNC(=O)c2ccc(Cl)cc2Cl)cc(=O)n(C)c1=O. The minimum Gasteiger partial charge on any atom is -0.458 e. The number of nitrogens with one attached hydrogen (secondary N) is 1. The number of carbonyl (C=O) groups excluding carboxylic acids is 2. The van der Waals surface area contributed by atoms with Crippen LogP contribution in [0.15, 0.2) is 33.9 Å². The van der Waals surface area contributed by atoms with Crippen LogP contribution in [0.5, 0.6) is 0 Å². The Kier molecular flexibility index (Phi) is 6.23. The molecule has 0 aliphatic carbocycles. The first-order valence-corrected chi connectivity index (χ1v) is 8.11. The van der Waals surface area contributed by atoms with E-state index >= 15 is 0 Å². The normalized spacial score (nSPS) is 10.5. The van der Waals surface area contributed by atoms with Crippen LogP contribution in [0.1, 0.15) is 16.1 Å². The summed E-state index contributed by atoms with van der Waals surface area (Å²) in [5.74, 6) is -1.30. The van der Waals surface area contributed by atoms with Crippen molar-refractivity contribution >= 4 is 35.1 Å². The van der Waals surface area contributed by atoms with E-state index in [0.717, 1.165) is 4.57 Å². The molecule has 0 bridgehead atoms. The predicted octanol–water partition coefficient (Wildman–Crippen LogP) is 0.864. The highest BCUT2D eigenvalue weighted by molar-refractivity contribution is 6.36. The minimum absolute atomic E-state index is 0.151. The van der Waals surface area contributed by atoms with Crippen molar-refractivity contribution in [2.75, 3.05) is 6.54 Å². The van der Waals surface area contributed by atoms with Gasteiger partial charge in [0.05, 0.1) is 16.3 Å². The number of esters is 1. The maximum absolute atomic E-state index is 12.0. The summed E-state index contributed by atoms with van der Waals surface area (Å²) in [5.41, 5.74) is -0.643. The number of nitrogens with zero attached hydrogens (tertiary/aromatic N) is 2. The van der Waals surface area contributed by atoms with Crippen molar-refractivity contribution in [2.45, 2.75) is 6.61 Å². The van der Waals surface area contributed by atoms with E-state index in [1.807, 2.05) is 0 Å². The number of ether oxygens (including phenoxy) is 1. The fourth-order valence-corrected chi connectivity index (χ4v) is 2.54. The molecule has 1 amide bonds. The van der Waals surface area contributed by atoms with Crippen molar-refractivity contribution < 1.29 is 14.3 Å². The van der Waals surface area contributed by atoms with Crippen LogP contribution in [0.3, 0.4) is 0 Å². The highest BCUT2D eigenvalue weighted by Gasteiger charge is 2.13. The summed E-state index contributed by atoms with van der Waals surface area (Å²) in [6, 6.07) is 5.53. The Morgan fingerprint density at radius 2 is 1.81 bits per heavy atom. The summed E-state index contributed by atoms with van der Waals surface area (Å²) < 4.78 is 7.11. The molecule has 2 rings (SSSR count). The third-order valence-corrected chi connectivity index (χ3v) is 4.12. The van der Waals surface area contributed by atoms with E-state index in [4.69, 9.17) is 27.9 Å². The van der Waals surface area contributed by atoms with E-state index < -0.39 is 29.7 Å². The van der Waals surface area contributed by atoms with Gasteiger partial charge in [-0.1, -0.05) is 23.2 Å². The fourth-order valence-electron chi connectivity index (χ4n) is 2.04. The predicted molar refractivity (Wildman–Crippen MR) is 95.5 cm³/mol. The maximum Gasteiger partial charge on any atom is 0.330 e. The van der Waals surface area contributed by atoms with Crippen molar-refractivity contribution in [1.82, 2.24) is 14.5 Å². The van der Waals surface area contributed by atoms with Crippen LogP contribution in [0.2, 0.25) is 10.0 Å². The number of hydrogen-bond acceptors (Lipinski definition) is 5. The van der Waals surface area contributed by atoms with Gasteiger partial charge in [-0.2, -0.15) is 0 Å². The molecule has 1 aromatic heterocycles. The van der Waals surface area contributed by atoms with Crippen LogP contribution in [-0.4, -0.2) is 27.6 Å². The molecule has 2 aromatic rings. The molecule has 1 aromatic carbocycles. The molecule has 10 heteroatoms. The second kappa shape index (κ2) is 8.20. The Morgan fingerprint density at radius 3 is 2.46 bits per heavy atom. The zero-order chi connectivity index (χ0) is 19.4. The molecular weight excluding hydrogens is 385 g/mol. The quantitative estimate of drug-likeness (QED) is 0.751. The highest BCUT2D eigenvalue weighted by Crippen LogP contribution is 2.20. The first-order valence-electron chi connectivity index (χ1n) is 7.35. The molecule has 8 nitrogen and oxygen atoms in total. The molecule has 0 aliphatic rings. The standard InChI is InChI=1S/C16H15Cl2N3O5/c1-20-10(6-13(22)21(2)16(20)25)8-26-14(23)7-19-15(24)11-4-3-9(17)5-12(11)18/h3-6H,7-8H2,1-2H3,(H,19,24). The van der Waals surface area contributed by atoms with Gasteiger partial charge in [-0.25, -0.2) is 4.79 Å². The molecule has 0 radical (unpaired) electrons. The number of benzene rings is 1. The summed E-state index contributed by atoms with van der Waals surface area (Å²) in [7, 11) is 2.80. The van der Waals surface area contributed by atoms with Crippen molar-refractivity contribution in [3.8, 4) is 0 Å². The second-order valence-electron chi connectivity index (χ2n) is 5.34. The average Bonchev–Trinajstić information content (AvgIpc) is 2.59. The molecule has 0 aliphatic heterocycles. The number of amides is 1. The Morgan fingerprint density at radius 1 is 1.12 bits per heavy atom. The van der Waals surface area contributed by atoms with Gasteiger partial charge in [0, 0.05) is 25.2 Å². The van der Waals surface area contributed by atoms with Gasteiger partial charge in [0.1, 0.15) is 13.2 Å². The van der Waals surface area contributed by atoms with Crippen LogP contribution < -0.4 is 16.6 Å². The smallest absolute Gasteiger partial charge is 0.330 e. The lowest BCUT2D eigenvalue weighted by molar-refractivity contribution is -0.143. The van der Waals surface area contributed by atoms with Crippen molar-refractivity contribution in [3.63, 3.8) is 0 Å². The zero-order valence-corrected chi connectivity index (χ0v) is 15.4. The van der Waals surface area contributed by atoms with Crippen molar-refractivity contribution in [3.05, 3.63) is 66.4 Å². The molecule has 26 heavy (non-hydrogen) atoms. The maximum atomic E-state index is 12.0. The Labute approximate surface area is 157 Å². The molecule has 0 saturated heterocycles. The molecule has 0 atom stereocenters. The van der Waals surface area contributed by atoms with E-state index in [-0.39, 0.29) is 22.9 Å². The fraction of sp³-hybridized carbons (Fsp3) is 0.250. The molecule has 0 spiro atoms. The number of carbonyl (C=O) groups is 2. The van der Waals surface area contributed by atoms with E-state index in [0.29, 0.717) is 5.02 Å². The van der Waals surface area contributed by atoms with E-state index in [1.165, 1.54) is 42.9 Å². The lowest BCUT2D eigenvalue weighted by Gasteiger charge is -2.11. The minimum atomic E-state index is -0.739. The van der Waals surface area contributed by atoms with Crippen LogP contribution in [0.25, 0.3) is 0 Å². The van der Waals surface area contributed by atoms with Crippen LogP contribution in [0.4, 0.5) is 0 Å². The molecular formula is C16H15Cl2N3O5. The lowest BCUT2D eigenvalue weighted by atomic mass is 10.2. The summed E-state index contributed by atoms with van der Waals surface area (Å²) >= 11 is 11.7. The molecule has 0 saturated carbocycles. The van der Waals surface area contributed by atoms with Gasteiger partial charge in [-0.15, -0.1) is 0 Å². The second-order valence-corrected chi connectivity index (χ2v) is 6.19. The van der Waals surface area contributed by atoms with Gasteiger partial charge in [-0.3, -0.25) is 23.5 Å². The van der Waals surface area contributed by atoms with Gasteiger partial charge >= 0.3 is 11.7 Å². The largest absolute Gasteiger partial charge is 0.458 e. The molecule has 1 N–H and O–H groups in total. The molecule has 0 unspecified atom stereocenters. The highest BCUT2D eigenvalue weighted by atomic mass is 35.5. The van der Waals surface area contributed by atoms with Crippen molar-refractivity contribution in [1.29, 1.82) is 0 Å². The van der Waals surface area contributed by atoms with Crippen LogP contribution >= 0.6 is 23.2 Å². The van der Waals surface area contributed by atoms with Gasteiger partial charge in [0.15, 0.2) is 0 Å². The van der Waals surface area contributed by atoms with Crippen LogP contribution in [0, 0.1) is 0 Å². The average molecular weight is 400 g/mol. The van der Waals surface area contributed by atoms with E-state index in [1.54, 1.807) is 0 Å². The number of rotatable bonds is 5.